The molecule has 0 aliphatic carbocycles. The molecular formula is C13H21N3S. The molecule has 4 heteroatoms. The van der Waals surface area contributed by atoms with Crippen LogP contribution in [0.25, 0.3) is 5.57 Å². The van der Waals surface area contributed by atoms with E-state index in [2.05, 4.69) is 35.6 Å². The van der Waals surface area contributed by atoms with E-state index in [1.807, 2.05) is 0 Å². The zero-order chi connectivity index (χ0) is 12.3. The van der Waals surface area contributed by atoms with E-state index in [0.29, 0.717) is 11.2 Å². The maximum Gasteiger partial charge on any atom is 0.180 e. The van der Waals surface area contributed by atoms with Crippen LogP contribution >= 0.6 is 11.3 Å². The van der Waals surface area contributed by atoms with Gasteiger partial charge in [-0.15, -0.1) is 11.3 Å². The minimum atomic E-state index is 0.452. The molecule has 1 aromatic heterocycles. The fourth-order valence-electron chi connectivity index (χ4n) is 2.20. The van der Waals surface area contributed by atoms with Gasteiger partial charge in [0, 0.05) is 11.4 Å². The van der Waals surface area contributed by atoms with Crippen LogP contribution < -0.4 is 11.1 Å². The van der Waals surface area contributed by atoms with E-state index in [0.717, 1.165) is 24.6 Å². The van der Waals surface area contributed by atoms with E-state index in [9.17, 15) is 0 Å². The third-order valence-corrected chi connectivity index (χ3v) is 3.80. The molecule has 3 N–H and O–H groups in total. The second-order valence-corrected chi connectivity index (χ2v) is 5.89. The number of hydrogen-bond acceptors (Lipinski definition) is 4. The van der Waals surface area contributed by atoms with Crippen molar-refractivity contribution in [3.8, 4) is 0 Å². The van der Waals surface area contributed by atoms with Crippen LogP contribution in [0.15, 0.2) is 11.5 Å². The first-order valence-electron chi connectivity index (χ1n) is 6.31. The lowest BCUT2D eigenvalue weighted by Gasteiger charge is -2.25. The molecule has 1 unspecified atom stereocenters. The van der Waals surface area contributed by atoms with Crippen molar-refractivity contribution in [3.05, 3.63) is 17.2 Å². The second kappa shape index (κ2) is 5.65. The van der Waals surface area contributed by atoms with Gasteiger partial charge >= 0.3 is 0 Å². The Labute approximate surface area is 107 Å². The van der Waals surface area contributed by atoms with Crippen molar-refractivity contribution in [3.63, 3.8) is 0 Å². The smallest absolute Gasteiger partial charge is 0.180 e. The number of nitrogen functional groups attached to an aromatic ring is 1. The van der Waals surface area contributed by atoms with Crippen molar-refractivity contribution in [1.82, 2.24) is 10.3 Å². The van der Waals surface area contributed by atoms with E-state index >= 15 is 0 Å². The highest BCUT2D eigenvalue weighted by atomic mass is 32.1. The SMILES string of the molecule is CC(C)CCC1NCCC=C1c1csc(N)n1. The highest BCUT2D eigenvalue weighted by Crippen LogP contribution is 2.27. The molecule has 0 amide bonds. The molecule has 0 radical (unpaired) electrons. The first-order valence-corrected chi connectivity index (χ1v) is 7.19. The van der Waals surface area contributed by atoms with E-state index in [1.165, 1.54) is 29.8 Å². The summed E-state index contributed by atoms with van der Waals surface area (Å²) in [5.74, 6) is 0.750. The monoisotopic (exact) mass is 251 g/mol. The summed E-state index contributed by atoms with van der Waals surface area (Å²) in [4.78, 5) is 4.40. The average Bonchev–Trinajstić information content (AvgIpc) is 2.73. The van der Waals surface area contributed by atoms with Gasteiger partial charge in [0.05, 0.1) is 5.69 Å². The van der Waals surface area contributed by atoms with Crippen LogP contribution in [0.2, 0.25) is 0 Å². The van der Waals surface area contributed by atoms with Crippen molar-refractivity contribution >= 4 is 22.0 Å². The van der Waals surface area contributed by atoms with Gasteiger partial charge in [0.1, 0.15) is 0 Å². The fraction of sp³-hybridized carbons (Fsp3) is 0.615. The topological polar surface area (TPSA) is 50.9 Å². The van der Waals surface area contributed by atoms with Gasteiger partial charge < -0.3 is 11.1 Å². The molecule has 0 bridgehead atoms. The van der Waals surface area contributed by atoms with Crippen molar-refractivity contribution in [2.45, 2.75) is 39.2 Å². The number of anilines is 1. The number of thiazole rings is 1. The maximum absolute atomic E-state index is 5.71. The fourth-order valence-corrected chi connectivity index (χ4v) is 2.77. The van der Waals surface area contributed by atoms with E-state index in [4.69, 9.17) is 5.73 Å². The summed E-state index contributed by atoms with van der Waals surface area (Å²) >= 11 is 1.52. The van der Waals surface area contributed by atoms with E-state index in [1.54, 1.807) is 0 Å². The number of hydrogen-bond donors (Lipinski definition) is 2. The summed E-state index contributed by atoms with van der Waals surface area (Å²) in [6, 6.07) is 0.452. The van der Waals surface area contributed by atoms with Crippen molar-refractivity contribution < 1.29 is 0 Å². The molecule has 3 nitrogen and oxygen atoms in total. The minimum Gasteiger partial charge on any atom is -0.375 e. The summed E-state index contributed by atoms with van der Waals surface area (Å²) in [6.45, 7) is 5.62. The van der Waals surface area contributed by atoms with Gasteiger partial charge in [-0.1, -0.05) is 19.9 Å². The third kappa shape index (κ3) is 3.30. The Morgan fingerprint density at radius 3 is 3.06 bits per heavy atom. The molecule has 2 heterocycles. The van der Waals surface area contributed by atoms with Gasteiger partial charge in [0.2, 0.25) is 0 Å². The van der Waals surface area contributed by atoms with Gasteiger partial charge in [-0.3, -0.25) is 0 Å². The standard InChI is InChI=1S/C13H21N3S/c1-9(2)5-6-11-10(4-3-7-15-11)12-8-17-13(14)16-12/h4,8-9,11,15H,3,5-7H2,1-2H3,(H2,14,16). The van der Waals surface area contributed by atoms with E-state index < -0.39 is 0 Å². The Bertz CT molecular complexity index is 395. The Kier molecular flexibility index (Phi) is 4.18. The molecule has 94 valence electrons. The number of aromatic nitrogens is 1. The summed E-state index contributed by atoms with van der Waals surface area (Å²) in [6.07, 6.45) is 5.83. The molecule has 0 aromatic carbocycles. The van der Waals surface area contributed by atoms with Crippen LogP contribution in [0.4, 0.5) is 5.13 Å². The third-order valence-electron chi connectivity index (χ3n) is 3.13. The molecule has 0 saturated heterocycles. The van der Waals surface area contributed by atoms with Gasteiger partial charge in [-0.05, 0) is 37.3 Å². The van der Waals surface area contributed by atoms with Crippen molar-refractivity contribution in [2.75, 3.05) is 12.3 Å². The molecule has 17 heavy (non-hydrogen) atoms. The van der Waals surface area contributed by atoms with Gasteiger partial charge in [0.15, 0.2) is 5.13 Å². The van der Waals surface area contributed by atoms with Crippen LogP contribution in [0.1, 0.15) is 38.8 Å². The highest BCUT2D eigenvalue weighted by Gasteiger charge is 2.20. The molecule has 1 atom stereocenters. The van der Waals surface area contributed by atoms with Crippen molar-refractivity contribution in [2.24, 2.45) is 5.92 Å². The van der Waals surface area contributed by atoms with Gasteiger partial charge in [0.25, 0.3) is 0 Å². The highest BCUT2D eigenvalue weighted by molar-refractivity contribution is 7.13. The maximum atomic E-state index is 5.71. The summed E-state index contributed by atoms with van der Waals surface area (Å²) in [5, 5.41) is 6.32. The summed E-state index contributed by atoms with van der Waals surface area (Å²) in [7, 11) is 0. The normalized spacial score (nSPS) is 20.6. The van der Waals surface area contributed by atoms with E-state index in [-0.39, 0.29) is 0 Å². The zero-order valence-electron chi connectivity index (χ0n) is 10.6. The quantitative estimate of drug-likeness (QED) is 0.865. The summed E-state index contributed by atoms with van der Waals surface area (Å²) in [5.41, 5.74) is 8.11. The van der Waals surface area contributed by atoms with Crippen molar-refractivity contribution in [1.29, 1.82) is 0 Å². The Morgan fingerprint density at radius 1 is 1.59 bits per heavy atom. The lowest BCUT2D eigenvalue weighted by atomic mass is 9.93. The number of nitrogens with one attached hydrogen (secondary N) is 1. The Morgan fingerprint density at radius 2 is 2.41 bits per heavy atom. The Hall–Kier alpha value is -0.870. The molecule has 0 spiro atoms. The lowest BCUT2D eigenvalue weighted by molar-refractivity contribution is 0.479. The van der Waals surface area contributed by atoms with Gasteiger partial charge in [-0.2, -0.15) is 0 Å². The van der Waals surface area contributed by atoms with Crippen LogP contribution in [0, 0.1) is 5.92 Å². The van der Waals surface area contributed by atoms with Crippen LogP contribution in [-0.2, 0) is 0 Å². The first kappa shape index (κ1) is 12.6. The van der Waals surface area contributed by atoms with Gasteiger partial charge in [-0.25, -0.2) is 4.98 Å². The predicted molar refractivity (Wildman–Crippen MR) is 75.0 cm³/mol. The first-order chi connectivity index (χ1) is 8.16. The summed E-state index contributed by atoms with van der Waals surface area (Å²) < 4.78 is 0. The second-order valence-electron chi connectivity index (χ2n) is 5.00. The number of nitrogens with zero attached hydrogens (tertiary/aromatic N) is 1. The Balaban J connectivity index is 2.09. The zero-order valence-corrected chi connectivity index (χ0v) is 11.4. The average molecular weight is 251 g/mol. The molecule has 1 aliphatic heterocycles. The molecule has 1 aromatic rings. The number of rotatable bonds is 4. The largest absolute Gasteiger partial charge is 0.375 e. The minimum absolute atomic E-state index is 0.452. The lowest BCUT2D eigenvalue weighted by Crippen LogP contribution is -2.34. The molecular weight excluding hydrogens is 230 g/mol. The number of nitrogens with two attached hydrogens (primary N) is 1. The molecule has 1 aliphatic rings. The molecule has 2 rings (SSSR count). The van der Waals surface area contributed by atoms with Crippen LogP contribution in [0.3, 0.4) is 0 Å². The van der Waals surface area contributed by atoms with Crippen LogP contribution in [-0.4, -0.2) is 17.6 Å². The molecule has 0 saturated carbocycles. The van der Waals surface area contributed by atoms with Crippen LogP contribution in [0.5, 0.6) is 0 Å². The molecule has 0 fully saturated rings. The predicted octanol–water partition coefficient (Wildman–Crippen LogP) is 2.91.